The fraction of sp³-hybridized carbons (Fsp3) is 0.333. The molecule has 1 amide bonds. The molecule has 0 bridgehead atoms. The third-order valence-corrected chi connectivity index (χ3v) is 6.22. The summed E-state index contributed by atoms with van der Waals surface area (Å²) in [6.45, 7) is 6.04. The van der Waals surface area contributed by atoms with Crippen molar-refractivity contribution in [3.05, 3.63) is 65.5 Å². The van der Waals surface area contributed by atoms with Crippen molar-refractivity contribution >= 4 is 22.0 Å². The SMILES string of the molecule is Cc1cccnc1C(NC(=O)/C=C/c1ccc(S(=O)(=O)N(C)C)cc1)C(C)C. The van der Waals surface area contributed by atoms with Gasteiger partial charge >= 0.3 is 0 Å². The summed E-state index contributed by atoms with van der Waals surface area (Å²) < 4.78 is 25.4. The van der Waals surface area contributed by atoms with Crippen LogP contribution >= 0.6 is 0 Å². The third kappa shape index (κ3) is 5.27. The first kappa shape index (κ1) is 21.8. The molecule has 1 unspecified atom stereocenters. The molecule has 0 aliphatic heterocycles. The van der Waals surface area contributed by atoms with Crippen molar-refractivity contribution in [3.8, 4) is 0 Å². The Morgan fingerprint density at radius 3 is 2.32 bits per heavy atom. The van der Waals surface area contributed by atoms with Crippen molar-refractivity contribution in [2.45, 2.75) is 31.7 Å². The fourth-order valence-electron chi connectivity index (χ4n) is 2.71. The lowest BCUT2D eigenvalue weighted by Gasteiger charge is -2.22. The van der Waals surface area contributed by atoms with E-state index in [-0.39, 0.29) is 22.8 Å². The molecule has 0 aliphatic rings. The first-order valence-corrected chi connectivity index (χ1v) is 10.5. The number of hydrogen-bond acceptors (Lipinski definition) is 4. The molecule has 150 valence electrons. The molecule has 0 fully saturated rings. The Labute approximate surface area is 167 Å². The second-order valence-corrected chi connectivity index (χ2v) is 9.28. The van der Waals surface area contributed by atoms with Gasteiger partial charge in [-0.15, -0.1) is 0 Å². The van der Waals surface area contributed by atoms with Crippen molar-refractivity contribution in [1.82, 2.24) is 14.6 Å². The quantitative estimate of drug-likeness (QED) is 0.723. The molecule has 2 aromatic rings. The van der Waals surface area contributed by atoms with Crippen LogP contribution in [0.3, 0.4) is 0 Å². The molecule has 0 spiro atoms. The number of aromatic nitrogens is 1. The zero-order valence-electron chi connectivity index (χ0n) is 16.9. The highest BCUT2D eigenvalue weighted by atomic mass is 32.2. The number of nitrogens with one attached hydrogen (secondary N) is 1. The Kier molecular flexibility index (Phi) is 7.10. The van der Waals surface area contributed by atoms with Crippen molar-refractivity contribution < 1.29 is 13.2 Å². The van der Waals surface area contributed by atoms with E-state index in [1.165, 1.54) is 32.3 Å². The van der Waals surface area contributed by atoms with Gasteiger partial charge in [0.25, 0.3) is 0 Å². The fourth-order valence-corrected chi connectivity index (χ4v) is 3.61. The molecule has 7 heteroatoms. The summed E-state index contributed by atoms with van der Waals surface area (Å²) in [4.78, 5) is 17.0. The van der Waals surface area contributed by atoms with Crippen molar-refractivity contribution in [2.75, 3.05) is 14.1 Å². The van der Waals surface area contributed by atoms with Gasteiger partial charge in [0.05, 0.1) is 16.6 Å². The minimum absolute atomic E-state index is 0.182. The van der Waals surface area contributed by atoms with E-state index >= 15 is 0 Å². The lowest BCUT2D eigenvalue weighted by Crippen LogP contribution is -2.31. The van der Waals surface area contributed by atoms with Crippen LogP contribution in [0.2, 0.25) is 0 Å². The number of hydrogen-bond donors (Lipinski definition) is 1. The lowest BCUT2D eigenvalue weighted by atomic mass is 9.97. The third-order valence-electron chi connectivity index (χ3n) is 4.39. The minimum Gasteiger partial charge on any atom is -0.344 e. The predicted octanol–water partition coefficient (Wildman–Crippen LogP) is 3.17. The summed E-state index contributed by atoms with van der Waals surface area (Å²) in [5, 5.41) is 3.00. The van der Waals surface area contributed by atoms with Crippen LogP contribution in [0.1, 0.15) is 36.7 Å². The molecule has 1 heterocycles. The van der Waals surface area contributed by atoms with Crippen LogP contribution in [0.15, 0.2) is 53.6 Å². The second-order valence-electron chi connectivity index (χ2n) is 7.13. The Balaban J connectivity index is 2.11. The van der Waals surface area contributed by atoms with Crippen molar-refractivity contribution in [1.29, 1.82) is 0 Å². The van der Waals surface area contributed by atoms with E-state index in [2.05, 4.69) is 10.3 Å². The van der Waals surface area contributed by atoms with Gasteiger partial charge in [-0.05, 0) is 48.2 Å². The maximum absolute atomic E-state index is 12.4. The smallest absolute Gasteiger partial charge is 0.244 e. The Morgan fingerprint density at radius 1 is 1.14 bits per heavy atom. The van der Waals surface area contributed by atoms with Gasteiger partial charge in [0.15, 0.2) is 0 Å². The number of rotatable bonds is 7. The van der Waals surface area contributed by atoms with Crippen LogP contribution in [0.5, 0.6) is 0 Å². The van der Waals surface area contributed by atoms with E-state index < -0.39 is 10.0 Å². The number of amides is 1. The van der Waals surface area contributed by atoms with Crippen LogP contribution in [-0.2, 0) is 14.8 Å². The number of benzene rings is 1. The number of pyridine rings is 1. The number of nitrogens with zero attached hydrogens (tertiary/aromatic N) is 2. The molecule has 1 N–H and O–H groups in total. The number of sulfonamides is 1. The minimum atomic E-state index is -3.46. The van der Waals surface area contributed by atoms with Crippen molar-refractivity contribution in [3.63, 3.8) is 0 Å². The van der Waals surface area contributed by atoms with Crippen LogP contribution in [0.25, 0.3) is 6.08 Å². The zero-order valence-corrected chi connectivity index (χ0v) is 17.7. The lowest BCUT2D eigenvalue weighted by molar-refractivity contribution is -0.117. The Hall–Kier alpha value is -2.51. The maximum atomic E-state index is 12.4. The summed E-state index contributed by atoms with van der Waals surface area (Å²) in [5.41, 5.74) is 2.63. The molecule has 0 radical (unpaired) electrons. The van der Waals surface area contributed by atoms with Crippen LogP contribution in [-0.4, -0.2) is 37.7 Å². The molecular weight excluding hydrogens is 374 g/mol. The summed E-state index contributed by atoms with van der Waals surface area (Å²) in [5.74, 6) is -0.0461. The summed E-state index contributed by atoms with van der Waals surface area (Å²) >= 11 is 0. The zero-order chi connectivity index (χ0) is 20.9. The Bertz CT molecular complexity index is 949. The van der Waals surface area contributed by atoms with Gasteiger partial charge in [-0.2, -0.15) is 0 Å². The summed E-state index contributed by atoms with van der Waals surface area (Å²) in [6, 6.07) is 10.1. The van der Waals surface area contributed by atoms with Crippen LogP contribution in [0, 0.1) is 12.8 Å². The van der Waals surface area contributed by atoms with Crippen LogP contribution in [0.4, 0.5) is 0 Å². The van der Waals surface area contributed by atoms with Gasteiger partial charge in [-0.3, -0.25) is 9.78 Å². The van der Waals surface area contributed by atoms with E-state index in [1.807, 2.05) is 32.9 Å². The second kappa shape index (κ2) is 9.12. The number of carbonyl (C=O) groups excluding carboxylic acids is 1. The topological polar surface area (TPSA) is 79.4 Å². The van der Waals surface area contributed by atoms with Gasteiger partial charge in [-0.1, -0.05) is 32.0 Å². The summed E-state index contributed by atoms with van der Waals surface area (Å²) in [7, 11) is -0.486. The average Bonchev–Trinajstić information content (AvgIpc) is 2.65. The molecular formula is C21H27N3O3S. The molecule has 1 aromatic heterocycles. The number of carbonyl (C=O) groups is 1. The first-order chi connectivity index (χ1) is 13.1. The summed E-state index contributed by atoms with van der Waals surface area (Å²) in [6.07, 6.45) is 4.83. The highest BCUT2D eigenvalue weighted by Gasteiger charge is 2.20. The molecule has 2 rings (SSSR count). The van der Waals surface area contributed by atoms with Gasteiger partial charge in [-0.25, -0.2) is 12.7 Å². The maximum Gasteiger partial charge on any atom is 0.244 e. The molecule has 28 heavy (non-hydrogen) atoms. The average molecular weight is 402 g/mol. The number of aryl methyl sites for hydroxylation is 1. The van der Waals surface area contributed by atoms with E-state index in [0.29, 0.717) is 0 Å². The van der Waals surface area contributed by atoms with E-state index in [9.17, 15) is 13.2 Å². The first-order valence-electron chi connectivity index (χ1n) is 9.05. The van der Waals surface area contributed by atoms with Gasteiger partial charge in [0.2, 0.25) is 15.9 Å². The highest BCUT2D eigenvalue weighted by Crippen LogP contribution is 2.22. The van der Waals surface area contributed by atoms with E-state index in [0.717, 1.165) is 21.1 Å². The molecule has 1 aromatic carbocycles. The predicted molar refractivity (Wildman–Crippen MR) is 111 cm³/mol. The Morgan fingerprint density at radius 2 is 1.79 bits per heavy atom. The van der Waals surface area contributed by atoms with Gasteiger partial charge in [0.1, 0.15) is 0 Å². The molecule has 0 saturated heterocycles. The molecule has 1 atom stereocenters. The monoisotopic (exact) mass is 401 g/mol. The molecule has 0 aliphatic carbocycles. The van der Waals surface area contributed by atoms with Crippen LogP contribution < -0.4 is 5.32 Å². The van der Waals surface area contributed by atoms with Gasteiger partial charge < -0.3 is 5.32 Å². The van der Waals surface area contributed by atoms with E-state index in [4.69, 9.17) is 0 Å². The van der Waals surface area contributed by atoms with Crippen molar-refractivity contribution in [2.24, 2.45) is 5.92 Å². The normalized spacial score (nSPS) is 13.2. The standard InChI is InChI=1S/C21H27N3O3S/c1-15(2)20(21-16(3)7-6-14-22-21)23-19(25)13-10-17-8-11-18(12-9-17)28(26,27)24(4)5/h6-15,20H,1-5H3,(H,23,25)/b13-10+. The van der Waals surface area contributed by atoms with Gasteiger partial charge in [0, 0.05) is 26.4 Å². The molecule has 6 nitrogen and oxygen atoms in total. The largest absolute Gasteiger partial charge is 0.344 e. The van der Waals surface area contributed by atoms with E-state index in [1.54, 1.807) is 24.4 Å². The highest BCUT2D eigenvalue weighted by molar-refractivity contribution is 7.89. The molecule has 0 saturated carbocycles.